The van der Waals surface area contributed by atoms with Gasteiger partial charge in [0.05, 0.1) is 12.8 Å². The van der Waals surface area contributed by atoms with Gasteiger partial charge in [-0.15, -0.1) is 0 Å². The van der Waals surface area contributed by atoms with Gasteiger partial charge in [0.15, 0.2) is 5.60 Å². The third-order valence-corrected chi connectivity index (χ3v) is 1.87. The summed E-state index contributed by atoms with van der Waals surface area (Å²) >= 11 is 0. The van der Waals surface area contributed by atoms with E-state index in [0.717, 1.165) is 0 Å². The summed E-state index contributed by atoms with van der Waals surface area (Å²) in [7, 11) is -5.15. The Morgan fingerprint density at radius 3 is 1.79 bits per heavy atom. The number of rotatable bonds is 6. The van der Waals surface area contributed by atoms with E-state index in [2.05, 4.69) is 4.18 Å². The second-order valence-electron chi connectivity index (χ2n) is 2.97. The van der Waals surface area contributed by atoms with E-state index in [-0.39, 0.29) is 62.0 Å². The number of carboxylic acid groups (broad SMARTS) is 2. The van der Waals surface area contributed by atoms with E-state index in [4.69, 9.17) is 14.8 Å². The standard InChI is InChI=1S/C6H8O10S.2Na.2H/c7-3(8)1-6(12,5(10)11)2-4(9)16-17(13,14)15;;;;/h12H,1-2H2,(H,7,8)(H,10,11)(H,13,14,15);;;;/q;2*+1;2*-1. The summed E-state index contributed by atoms with van der Waals surface area (Å²) in [5.74, 6) is -5.58. The van der Waals surface area contributed by atoms with Crippen LogP contribution < -0.4 is 59.1 Å². The second-order valence-corrected chi connectivity index (χ2v) is 3.99. The molecule has 0 aliphatic carbocycles. The monoisotopic (exact) mass is 320 g/mol. The van der Waals surface area contributed by atoms with Gasteiger partial charge in [0.1, 0.15) is 0 Å². The van der Waals surface area contributed by atoms with E-state index < -0.39 is 46.7 Å². The van der Waals surface area contributed by atoms with E-state index in [1.165, 1.54) is 0 Å². The molecule has 13 heteroatoms. The largest absolute Gasteiger partial charge is 1.00 e. The predicted molar refractivity (Wildman–Crippen MR) is 49.3 cm³/mol. The van der Waals surface area contributed by atoms with Crippen LogP contribution in [-0.2, 0) is 29.0 Å². The quantitative estimate of drug-likeness (QED) is 0.271. The molecule has 0 radical (unpaired) electrons. The summed E-state index contributed by atoms with van der Waals surface area (Å²) in [6.07, 6.45) is -2.79. The smallest absolute Gasteiger partial charge is 1.00 e. The molecule has 0 spiro atoms. The average molecular weight is 320 g/mol. The van der Waals surface area contributed by atoms with Crippen molar-refractivity contribution in [1.82, 2.24) is 0 Å². The Kier molecular flexibility index (Phi) is 11.8. The van der Waals surface area contributed by atoms with Gasteiger partial charge in [-0.25, -0.2) is 4.79 Å². The Hall–Kier alpha value is 0.280. The van der Waals surface area contributed by atoms with E-state index >= 15 is 0 Å². The molecule has 0 bridgehead atoms. The first-order chi connectivity index (χ1) is 7.46. The van der Waals surface area contributed by atoms with Gasteiger partial charge in [0, 0.05) is 0 Å². The van der Waals surface area contributed by atoms with Crippen LogP contribution in [-0.4, -0.2) is 51.8 Å². The molecule has 0 aliphatic heterocycles. The molecule has 0 heterocycles. The van der Waals surface area contributed by atoms with Crippen LogP contribution in [0.5, 0.6) is 0 Å². The number of aliphatic carboxylic acids is 2. The van der Waals surface area contributed by atoms with Crippen molar-refractivity contribution in [3.05, 3.63) is 0 Å². The summed E-state index contributed by atoms with van der Waals surface area (Å²) < 4.78 is 31.6. The number of carbonyl (C=O) groups is 3. The van der Waals surface area contributed by atoms with Gasteiger partial charge in [-0.1, -0.05) is 0 Å². The Labute approximate surface area is 154 Å². The van der Waals surface area contributed by atoms with Crippen LogP contribution in [0.3, 0.4) is 0 Å². The van der Waals surface area contributed by atoms with Gasteiger partial charge in [0.25, 0.3) is 0 Å². The number of aliphatic hydroxyl groups is 1. The van der Waals surface area contributed by atoms with Crippen molar-refractivity contribution in [2.24, 2.45) is 0 Å². The Bertz CT molecular complexity index is 454. The molecule has 0 fully saturated rings. The van der Waals surface area contributed by atoms with Gasteiger partial charge >= 0.3 is 87.4 Å². The third kappa shape index (κ3) is 10.7. The molecule has 0 saturated heterocycles. The van der Waals surface area contributed by atoms with Crippen molar-refractivity contribution < 1.29 is 109 Å². The average Bonchev–Trinajstić information content (AvgIpc) is 1.96. The van der Waals surface area contributed by atoms with Crippen LogP contribution in [0.15, 0.2) is 0 Å². The molecule has 0 aromatic carbocycles. The second kappa shape index (κ2) is 9.26. The number of hydrogen-bond donors (Lipinski definition) is 4. The SMILES string of the molecule is O=C(O)CC(O)(CC(=O)OS(=O)(=O)O)C(=O)O.[H-].[H-].[Na+].[Na+]. The zero-order chi connectivity index (χ0) is 13.9. The fourth-order valence-corrected chi connectivity index (χ4v) is 1.14. The fraction of sp³-hybridized carbons (Fsp3) is 0.500. The van der Waals surface area contributed by atoms with Crippen LogP contribution in [0, 0.1) is 0 Å². The van der Waals surface area contributed by atoms with Crippen LogP contribution in [0.1, 0.15) is 15.7 Å². The fourth-order valence-electron chi connectivity index (χ4n) is 0.850. The summed E-state index contributed by atoms with van der Waals surface area (Å²) in [5, 5.41) is 26.1. The van der Waals surface area contributed by atoms with Crippen LogP contribution in [0.25, 0.3) is 0 Å². The van der Waals surface area contributed by atoms with Crippen molar-refractivity contribution in [1.29, 1.82) is 0 Å². The topological polar surface area (TPSA) is 175 Å². The maximum Gasteiger partial charge on any atom is 1.00 e. The van der Waals surface area contributed by atoms with Gasteiger partial charge in [-0.05, 0) is 0 Å². The van der Waals surface area contributed by atoms with Gasteiger partial charge in [0.2, 0.25) is 0 Å². The first-order valence-electron chi connectivity index (χ1n) is 3.83. The zero-order valence-electron chi connectivity index (χ0n) is 12.1. The van der Waals surface area contributed by atoms with Crippen molar-refractivity contribution in [2.45, 2.75) is 18.4 Å². The molecule has 0 rings (SSSR count). The molecular weight excluding hydrogens is 310 g/mol. The van der Waals surface area contributed by atoms with Gasteiger partial charge < -0.3 is 22.4 Å². The molecule has 4 N–H and O–H groups in total. The van der Waals surface area contributed by atoms with Crippen molar-refractivity contribution in [3.8, 4) is 0 Å². The summed E-state index contributed by atoms with van der Waals surface area (Å²) in [5.41, 5.74) is -3.02. The first-order valence-corrected chi connectivity index (χ1v) is 5.20. The van der Waals surface area contributed by atoms with Gasteiger partial charge in [-0.3, -0.25) is 14.1 Å². The Morgan fingerprint density at radius 1 is 1.11 bits per heavy atom. The molecule has 0 aromatic heterocycles. The minimum Gasteiger partial charge on any atom is -1.00 e. The summed E-state index contributed by atoms with van der Waals surface area (Å²) in [6.45, 7) is 0. The van der Waals surface area contributed by atoms with E-state index in [1.54, 1.807) is 0 Å². The molecule has 0 aliphatic rings. The number of carboxylic acids is 2. The van der Waals surface area contributed by atoms with Crippen LogP contribution in [0.4, 0.5) is 0 Å². The number of carbonyl (C=O) groups excluding carboxylic acids is 1. The molecule has 19 heavy (non-hydrogen) atoms. The van der Waals surface area contributed by atoms with Crippen molar-refractivity contribution in [3.63, 3.8) is 0 Å². The minimum atomic E-state index is -5.15. The van der Waals surface area contributed by atoms with E-state index in [0.29, 0.717) is 0 Å². The summed E-state index contributed by atoms with van der Waals surface area (Å²) in [6, 6.07) is 0. The zero-order valence-corrected chi connectivity index (χ0v) is 14.9. The normalized spacial score (nSPS) is 13.2. The van der Waals surface area contributed by atoms with Crippen molar-refractivity contribution in [2.75, 3.05) is 0 Å². The van der Waals surface area contributed by atoms with Crippen molar-refractivity contribution >= 4 is 28.3 Å². The predicted octanol–water partition coefficient (Wildman–Crippen LogP) is -7.75. The number of hydrogen-bond acceptors (Lipinski definition) is 7. The Morgan fingerprint density at radius 2 is 1.53 bits per heavy atom. The van der Waals surface area contributed by atoms with E-state index in [9.17, 15) is 27.9 Å². The molecule has 0 amide bonds. The third-order valence-electron chi connectivity index (χ3n) is 1.48. The molecule has 1 unspecified atom stereocenters. The van der Waals surface area contributed by atoms with Gasteiger partial charge in [-0.2, -0.15) is 8.42 Å². The summed E-state index contributed by atoms with van der Waals surface area (Å²) in [4.78, 5) is 31.6. The maximum absolute atomic E-state index is 10.8. The molecule has 0 saturated carbocycles. The molecule has 10 nitrogen and oxygen atoms in total. The molecule has 0 aromatic rings. The molecule has 102 valence electrons. The van der Waals surface area contributed by atoms with Crippen LogP contribution in [0.2, 0.25) is 0 Å². The van der Waals surface area contributed by atoms with E-state index in [1.807, 2.05) is 0 Å². The van der Waals surface area contributed by atoms with Crippen LogP contribution >= 0.6 is 0 Å². The molecule has 1 atom stereocenters. The molecular formula is C6H10Na2O10S. The maximum atomic E-state index is 10.8. The minimum absolute atomic E-state index is 0. The first kappa shape index (κ1) is 24.3. The Balaban J connectivity index is -0.000000213.